The topological polar surface area (TPSA) is 29.1 Å². The second-order valence-corrected chi connectivity index (χ2v) is 5.46. The van der Waals surface area contributed by atoms with Gasteiger partial charge < -0.3 is 5.32 Å². The summed E-state index contributed by atoms with van der Waals surface area (Å²) in [6, 6.07) is 7.47. The van der Waals surface area contributed by atoms with Gasteiger partial charge in [-0.25, -0.2) is 0 Å². The van der Waals surface area contributed by atoms with E-state index in [1.165, 1.54) is 19.3 Å². The fourth-order valence-electron chi connectivity index (χ4n) is 2.10. The summed E-state index contributed by atoms with van der Waals surface area (Å²) in [6.07, 6.45) is 5.18. The zero-order valence-electron chi connectivity index (χ0n) is 11.9. The van der Waals surface area contributed by atoms with Crippen molar-refractivity contribution in [3.8, 4) is 0 Å². The molecule has 106 valence electrons. The quantitative estimate of drug-likeness (QED) is 0.760. The Hall–Kier alpha value is -1.02. The number of hydrogen-bond donors (Lipinski definition) is 1. The predicted molar refractivity (Wildman–Crippen MR) is 81.5 cm³/mol. The first-order valence-electron chi connectivity index (χ1n) is 7.16. The Balaban J connectivity index is 2.34. The summed E-state index contributed by atoms with van der Waals surface area (Å²) in [4.78, 5) is 11.9. The van der Waals surface area contributed by atoms with E-state index in [9.17, 15) is 4.79 Å². The Morgan fingerprint density at radius 2 is 2.16 bits per heavy atom. The van der Waals surface area contributed by atoms with Crippen LogP contribution < -0.4 is 5.32 Å². The van der Waals surface area contributed by atoms with Gasteiger partial charge in [-0.3, -0.25) is 4.79 Å². The fourth-order valence-corrected chi connectivity index (χ4v) is 2.31. The maximum Gasteiger partial charge on any atom is 0.224 e. The van der Waals surface area contributed by atoms with Gasteiger partial charge in [0.25, 0.3) is 0 Å². The highest BCUT2D eigenvalue weighted by atomic mass is 35.5. The van der Waals surface area contributed by atoms with E-state index in [1.807, 2.05) is 24.3 Å². The first-order chi connectivity index (χ1) is 9.15. The zero-order valence-corrected chi connectivity index (χ0v) is 12.7. The molecule has 1 aromatic carbocycles. The van der Waals surface area contributed by atoms with Crippen molar-refractivity contribution in [3.63, 3.8) is 0 Å². The lowest BCUT2D eigenvalue weighted by Gasteiger charge is -2.15. The van der Waals surface area contributed by atoms with E-state index in [4.69, 9.17) is 11.6 Å². The molecule has 0 bridgehead atoms. The number of carbonyl (C=O) groups excluding carboxylic acids is 1. The molecule has 2 nitrogen and oxygen atoms in total. The van der Waals surface area contributed by atoms with Gasteiger partial charge in [0.2, 0.25) is 5.91 Å². The third kappa shape index (κ3) is 6.63. The monoisotopic (exact) mass is 281 g/mol. The number of rotatable bonds is 8. The van der Waals surface area contributed by atoms with Gasteiger partial charge in [-0.05, 0) is 30.0 Å². The van der Waals surface area contributed by atoms with Gasteiger partial charge in [0, 0.05) is 11.6 Å². The highest BCUT2D eigenvalue weighted by molar-refractivity contribution is 6.30. The van der Waals surface area contributed by atoms with Crippen LogP contribution in [-0.4, -0.2) is 12.5 Å². The summed E-state index contributed by atoms with van der Waals surface area (Å²) in [5.41, 5.74) is 0.964. The number of hydrogen-bond acceptors (Lipinski definition) is 1. The average Bonchev–Trinajstić information content (AvgIpc) is 2.39. The molecule has 0 aliphatic rings. The molecule has 0 radical (unpaired) electrons. The van der Waals surface area contributed by atoms with E-state index >= 15 is 0 Å². The van der Waals surface area contributed by atoms with Crippen LogP contribution in [0.5, 0.6) is 0 Å². The first-order valence-corrected chi connectivity index (χ1v) is 7.54. The molecule has 0 aliphatic heterocycles. The molecule has 0 aliphatic carbocycles. The second kappa shape index (κ2) is 8.98. The zero-order chi connectivity index (χ0) is 14.1. The van der Waals surface area contributed by atoms with Crippen LogP contribution in [0.3, 0.4) is 0 Å². The van der Waals surface area contributed by atoms with E-state index < -0.39 is 0 Å². The lowest BCUT2D eigenvalue weighted by molar-refractivity contribution is -0.120. The van der Waals surface area contributed by atoms with Crippen LogP contribution in [-0.2, 0) is 11.2 Å². The lowest BCUT2D eigenvalue weighted by Crippen LogP contribution is -2.30. The summed E-state index contributed by atoms with van der Waals surface area (Å²) in [6.45, 7) is 5.17. The minimum Gasteiger partial charge on any atom is -0.356 e. The van der Waals surface area contributed by atoms with Crippen molar-refractivity contribution in [1.29, 1.82) is 0 Å². The SMILES string of the molecule is CCCCC(CC)CNC(=O)Cc1cccc(Cl)c1. The minimum absolute atomic E-state index is 0.0808. The van der Waals surface area contributed by atoms with Crippen molar-refractivity contribution >= 4 is 17.5 Å². The number of unbranched alkanes of at least 4 members (excludes halogenated alkanes) is 1. The summed E-state index contributed by atoms with van der Waals surface area (Å²) >= 11 is 5.90. The summed E-state index contributed by atoms with van der Waals surface area (Å²) in [5, 5.41) is 3.71. The maximum atomic E-state index is 11.9. The van der Waals surface area contributed by atoms with E-state index in [1.54, 1.807) is 0 Å². The molecule has 1 amide bonds. The van der Waals surface area contributed by atoms with E-state index in [2.05, 4.69) is 19.2 Å². The lowest BCUT2D eigenvalue weighted by atomic mass is 9.99. The molecular formula is C16H24ClNO. The molecule has 0 heterocycles. The minimum atomic E-state index is 0.0808. The Morgan fingerprint density at radius 1 is 1.37 bits per heavy atom. The van der Waals surface area contributed by atoms with Crippen molar-refractivity contribution < 1.29 is 4.79 Å². The molecule has 1 rings (SSSR count). The largest absolute Gasteiger partial charge is 0.356 e. The number of halogens is 1. The van der Waals surface area contributed by atoms with Crippen LogP contribution in [0.2, 0.25) is 5.02 Å². The standard InChI is InChI=1S/C16H24ClNO/c1-3-5-7-13(4-2)12-18-16(19)11-14-8-6-9-15(17)10-14/h6,8-10,13H,3-5,7,11-12H2,1-2H3,(H,18,19). The number of nitrogens with one attached hydrogen (secondary N) is 1. The van der Waals surface area contributed by atoms with Crippen molar-refractivity contribution in [1.82, 2.24) is 5.32 Å². The molecule has 0 aromatic heterocycles. The summed E-state index contributed by atoms with van der Waals surface area (Å²) in [7, 11) is 0. The second-order valence-electron chi connectivity index (χ2n) is 5.03. The molecular weight excluding hydrogens is 258 g/mol. The van der Waals surface area contributed by atoms with Gasteiger partial charge in [0.1, 0.15) is 0 Å². The molecule has 3 heteroatoms. The fraction of sp³-hybridized carbons (Fsp3) is 0.562. The van der Waals surface area contributed by atoms with Gasteiger partial charge in [-0.1, -0.05) is 56.8 Å². The van der Waals surface area contributed by atoms with E-state index in [-0.39, 0.29) is 5.91 Å². The smallest absolute Gasteiger partial charge is 0.224 e. The highest BCUT2D eigenvalue weighted by Gasteiger charge is 2.09. The molecule has 19 heavy (non-hydrogen) atoms. The van der Waals surface area contributed by atoms with Crippen LogP contribution in [0.1, 0.15) is 45.1 Å². The van der Waals surface area contributed by atoms with Crippen molar-refractivity contribution in [3.05, 3.63) is 34.9 Å². The van der Waals surface area contributed by atoms with Crippen LogP contribution in [0.15, 0.2) is 24.3 Å². The van der Waals surface area contributed by atoms with Gasteiger partial charge in [-0.2, -0.15) is 0 Å². The molecule has 1 aromatic rings. The van der Waals surface area contributed by atoms with Gasteiger partial charge >= 0.3 is 0 Å². The maximum absolute atomic E-state index is 11.9. The molecule has 0 saturated heterocycles. The van der Waals surface area contributed by atoms with Crippen LogP contribution >= 0.6 is 11.6 Å². The summed E-state index contributed by atoms with van der Waals surface area (Å²) < 4.78 is 0. The Labute approximate surface area is 121 Å². The highest BCUT2D eigenvalue weighted by Crippen LogP contribution is 2.12. The molecule has 0 spiro atoms. The number of carbonyl (C=O) groups is 1. The van der Waals surface area contributed by atoms with Crippen LogP contribution in [0.4, 0.5) is 0 Å². The molecule has 0 saturated carbocycles. The number of amides is 1. The van der Waals surface area contributed by atoms with Crippen molar-refractivity contribution in [2.45, 2.75) is 46.0 Å². The average molecular weight is 282 g/mol. The van der Waals surface area contributed by atoms with Gasteiger partial charge in [0.15, 0.2) is 0 Å². The van der Waals surface area contributed by atoms with Crippen molar-refractivity contribution in [2.24, 2.45) is 5.92 Å². The van der Waals surface area contributed by atoms with Gasteiger partial charge in [-0.15, -0.1) is 0 Å². The normalized spacial score (nSPS) is 12.2. The Kier molecular flexibility index (Phi) is 7.57. The third-order valence-corrected chi connectivity index (χ3v) is 3.62. The van der Waals surface area contributed by atoms with Crippen molar-refractivity contribution in [2.75, 3.05) is 6.54 Å². The number of benzene rings is 1. The van der Waals surface area contributed by atoms with Crippen LogP contribution in [0, 0.1) is 5.92 Å². The van der Waals surface area contributed by atoms with E-state index in [0.29, 0.717) is 17.4 Å². The Bertz CT molecular complexity index is 392. The molecule has 0 fully saturated rings. The van der Waals surface area contributed by atoms with E-state index in [0.717, 1.165) is 18.5 Å². The van der Waals surface area contributed by atoms with Gasteiger partial charge in [0.05, 0.1) is 6.42 Å². The van der Waals surface area contributed by atoms with Crippen LogP contribution in [0.25, 0.3) is 0 Å². The Morgan fingerprint density at radius 3 is 2.79 bits per heavy atom. The predicted octanol–water partition coefficient (Wildman–Crippen LogP) is 4.22. The summed E-state index contributed by atoms with van der Waals surface area (Å²) in [5.74, 6) is 0.681. The third-order valence-electron chi connectivity index (χ3n) is 3.38. The molecule has 1 unspecified atom stereocenters. The first kappa shape index (κ1) is 16.0. The molecule has 1 N–H and O–H groups in total. The molecule has 1 atom stereocenters.